The molecule has 11 heteroatoms. The summed E-state index contributed by atoms with van der Waals surface area (Å²) < 4.78 is 44.2. The zero-order valence-electron chi connectivity index (χ0n) is 19.5. The van der Waals surface area contributed by atoms with Crippen LogP contribution in [0.3, 0.4) is 0 Å². The number of benzene rings is 2. The fraction of sp³-hybridized carbons (Fsp3) is 0.240. The van der Waals surface area contributed by atoms with Gasteiger partial charge in [-0.2, -0.15) is 23.4 Å². The highest BCUT2D eigenvalue weighted by atomic mass is 19.4. The standard InChI is InChI=1S/C25H23F3N6O2/c1-15-17(13-33(30-15)9-10-35)12-29-24(36)16-3-8-22-20(11-16)21-14-32(2)31-23(21)34(22)19-6-4-18(5-7-19)25(26,27)28/h3-8,11,13-14,35H,9-10,12H2,1-2H3,(H,29,36). The van der Waals surface area contributed by atoms with Crippen LogP contribution in [0.4, 0.5) is 13.2 Å². The van der Waals surface area contributed by atoms with Gasteiger partial charge in [-0.05, 0) is 49.4 Å². The molecule has 8 nitrogen and oxygen atoms in total. The first-order valence-corrected chi connectivity index (χ1v) is 11.2. The molecule has 5 aromatic rings. The van der Waals surface area contributed by atoms with Crippen molar-refractivity contribution >= 4 is 27.8 Å². The average Bonchev–Trinajstić information content (AvgIpc) is 3.47. The van der Waals surface area contributed by atoms with E-state index in [-0.39, 0.29) is 19.1 Å². The van der Waals surface area contributed by atoms with E-state index in [1.54, 1.807) is 45.4 Å². The number of hydrogen-bond acceptors (Lipinski definition) is 4. The van der Waals surface area contributed by atoms with Crippen molar-refractivity contribution in [3.05, 3.63) is 77.2 Å². The zero-order valence-corrected chi connectivity index (χ0v) is 19.5. The Balaban J connectivity index is 1.48. The molecule has 0 aliphatic rings. The van der Waals surface area contributed by atoms with Gasteiger partial charge in [-0.1, -0.05) is 0 Å². The Labute approximate surface area is 203 Å². The molecular weight excluding hydrogens is 473 g/mol. The summed E-state index contributed by atoms with van der Waals surface area (Å²) in [6, 6.07) is 10.1. The van der Waals surface area contributed by atoms with E-state index in [4.69, 9.17) is 5.11 Å². The number of aliphatic hydroxyl groups excluding tert-OH is 1. The Kier molecular flexibility index (Phi) is 5.79. The first-order valence-electron chi connectivity index (χ1n) is 11.2. The van der Waals surface area contributed by atoms with Gasteiger partial charge in [-0.25, -0.2) is 0 Å². The number of halogens is 3. The van der Waals surface area contributed by atoms with Gasteiger partial charge < -0.3 is 10.4 Å². The third kappa shape index (κ3) is 4.22. The molecule has 2 N–H and O–H groups in total. The van der Waals surface area contributed by atoms with Gasteiger partial charge in [0.15, 0.2) is 5.65 Å². The van der Waals surface area contributed by atoms with Crippen molar-refractivity contribution in [2.75, 3.05) is 6.61 Å². The molecule has 0 aliphatic carbocycles. The molecule has 0 saturated carbocycles. The van der Waals surface area contributed by atoms with Crippen LogP contribution in [0.2, 0.25) is 0 Å². The van der Waals surface area contributed by atoms with Crippen LogP contribution in [-0.4, -0.2) is 41.7 Å². The molecule has 1 amide bonds. The molecule has 0 unspecified atom stereocenters. The van der Waals surface area contributed by atoms with Crippen molar-refractivity contribution in [3.63, 3.8) is 0 Å². The van der Waals surface area contributed by atoms with Crippen molar-refractivity contribution < 1.29 is 23.1 Å². The second kappa shape index (κ2) is 8.83. The van der Waals surface area contributed by atoms with Gasteiger partial charge in [0.1, 0.15) is 0 Å². The van der Waals surface area contributed by atoms with E-state index in [2.05, 4.69) is 15.5 Å². The molecule has 0 spiro atoms. The van der Waals surface area contributed by atoms with Gasteiger partial charge in [-0.3, -0.25) is 18.7 Å². The lowest BCUT2D eigenvalue weighted by molar-refractivity contribution is -0.137. The number of aryl methyl sites for hydroxylation is 2. The number of nitrogens with one attached hydrogen (secondary N) is 1. The Hall–Kier alpha value is -4.12. The average molecular weight is 496 g/mol. The molecule has 0 bridgehead atoms. The number of aliphatic hydroxyl groups is 1. The van der Waals surface area contributed by atoms with Crippen LogP contribution in [0.5, 0.6) is 0 Å². The predicted molar refractivity (Wildman–Crippen MR) is 128 cm³/mol. The van der Waals surface area contributed by atoms with Crippen LogP contribution < -0.4 is 5.32 Å². The summed E-state index contributed by atoms with van der Waals surface area (Å²) in [4.78, 5) is 12.9. The van der Waals surface area contributed by atoms with Crippen molar-refractivity contribution in [2.24, 2.45) is 7.05 Å². The molecule has 5 rings (SSSR count). The molecule has 2 aromatic carbocycles. The van der Waals surface area contributed by atoms with Crippen molar-refractivity contribution in [1.29, 1.82) is 0 Å². The molecule has 36 heavy (non-hydrogen) atoms. The number of carbonyl (C=O) groups excluding carboxylic acids is 1. The van der Waals surface area contributed by atoms with Crippen LogP contribution in [0.1, 0.15) is 27.2 Å². The minimum Gasteiger partial charge on any atom is -0.394 e. The lowest BCUT2D eigenvalue weighted by atomic mass is 10.1. The Morgan fingerprint density at radius 3 is 2.50 bits per heavy atom. The maximum Gasteiger partial charge on any atom is 0.416 e. The number of aromatic nitrogens is 5. The lowest BCUT2D eigenvalue weighted by Gasteiger charge is -2.10. The number of fused-ring (bicyclic) bond motifs is 3. The minimum atomic E-state index is -4.42. The fourth-order valence-corrected chi connectivity index (χ4v) is 4.32. The third-order valence-corrected chi connectivity index (χ3v) is 6.08. The number of amides is 1. The Morgan fingerprint density at radius 1 is 1.06 bits per heavy atom. The Morgan fingerprint density at radius 2 is 1.81 bits per heavy atom. The van der Waals surface area contributed by atoms with Crippen LogP contribution in [0.15, 0.2) is 54.9 Å². The number of hydrogen-bond donors (Lipinski definition) is 2. The van der Waals surface area contributed by atoms with Gasteiger partial charge in [0.2, 0.25) is 0 Å². The summed E-state index contributed by atoms with van der Waals surface area (Å²) in [5.41, 5.74) is 3.18. The molecule has 0 fully saturated rings. The van der Waals surface area contributed by atoms with E-state index >= 15 is 0 Å². The molecule has 186 valence electrons. The summed E-state index contributed by atoms with van der Waals surface area (Å²) in [5, 5.41) is 22.3. The van der Waals surface area contributed by atoms with Crippen molar-refractivity contribution in [2.45, 2.75) is 26.2 Å². The highest BCUT2D eigenvalue weighted by molar-refractivity contribution is 6.10. The SMILES string of the molecule is Cc1nn(CCO)cc1CNC(=O)c1ccc2c(c1)c1cn(C)nc1n2-c1ccc(C(F)(F)F)cc1. The second-order valence-electron chi connectivity index (χ2n) is 8.56. The van der Waals surface area contributed by atoms with Crippen LogP contribution in [-0.2, 0) is 26.3 Å². The Bertz CT molecular complexity index is 1580. The van der Waals surface area contributed by atoms with Crippen molar-refractivity contribution in [1.82, 2.24) is 29.4 Å². The number of alkyl halides is 3. The third-order valence-electron chi connectivity index (χ3n) is 6.08. The molecule has 0 aliphatic heterocycles. The molecule has 0 radical (unpaired) electrons. The van der Waals surface area contributed by atoms with Crippen LogP contribution in [0.25, 0.3) is 27.6 Å². The van der Waals surface area contributed by atoms with E-state index in [1.807, 2.05) is 13.1 Å². The first-order chi connectivity index (χ1) is 17.2. The second-order valence-corrected chi connectivity index (χ2v) is 8.56. The van der Waals surface area contributed by atoms with Gasteiger partial charge >= 0.3 is 6.18 Å². The fourth-order valence-electron chi connectivity index (χ4n) is 4.32. The predicted octanol–water partition coefficient (Wildman–Crippen LogP) is 3.96. The summed E-state index contributed by atoms with van der Waals surface area (Å²) in [5.74, 6) is -0.273. The quantitative estimate of drug-likeness (QED) is 0.372. The van der Waals surface area contributed by atoms with Crippen LogP contribution >= 0.6 is 0 Å². The summed E-state index contributed by atoms with van der Waals surface area (Å²) >= 11 is 0. The zero-order chi connectivity index (χ0) is 25.6. The number of carbonyl (C=O) groups is 1. The van der Waals surface area contributed by atoms with E-state index < -0.39 is 11.7 Å². The first kappa shape index (κ1) is 23.6. The minimum absolute atomic E-state index is 0.0259. The molecule has 0 atom stereocenters. The van der Waals surface area contributed by atoms with E-state index in [0.717, 1.165) is 39.7 Å². The normalized spacial score (nSPS) is 12.1. The van der Waals surface area contributed by atoms with E-state index in [0.29, 0.717) is 23.4 Å². The number of nitrogens with zero attached hydrogens (tertiary/aromatic N) is 5. The summed E-state index contributed by atoms with van der Waals surface area (Å²) in [6.07, 6.45) is -0.812. The molecular formula is C25H23F3N6O2. The number of rotatable bonds is 6. The van der Waals surface area contributed by atoms with Gasteiger partial charge in [0.05, 0.1) is 29.9 Å². The molecule has 3 heterocycles. The van der Waals surface area contributed by atoms with Crippen molar-refractivity contribution in [3.8, 4) is 5.69 Å². The topological polar surface area (TPSA) is 89.9 Å². The smallest absolute Gasteiger partial charge is 0.394 e. The highest BCUT2D eigenvalue weighted by Crippen LogP contribution is 2.34. The molecule has 3 aromatic heterocycles. The van der Waals surface area contributed by atoms with E-state index in [1.165, 1.54) is 12.1 Å². The summed E-state index contributed by atoms with van der Waals surface area (Å²) in [6.45, 7) is 2.47. The maximum absolute atomic E-state index is 13.0. The van der Waals surface area contributed by atoms with Gasteiger partial charge in [0.25, 0.3) is 5.91 Å². The largest absolute Gasteiger partial charge is 0.416 e. The highest BCUT2D eigenvalue weighted by Gasteiger charge is 2.30. The van der Waals surface area contributed by atoms with Gasteiger partial charge in [-0.15, -0.1) is 0 Å². The molecule has 0 saturated heterocycles. The maximum atomic E-state index is 13.0. The summed E-state index contributed by atoms with van der Waals surface area (Å²) in [7, 11) is 1.76. The van der Waals surface area contributed by atoms with Crippen LogP contribution in [0, 0.1) is 6.92 Å². The lowest BCUT2D eigenvalue weighted by Crippen LogP contribution is -2.22. The monoisotopic (exact) mass is 496 g/mol. The van der Waals surface area contributed by atoms with Gasteiger partial charge in [0, 0.05) is 53.6 Å². The van der Waals surface area contributed by atoms with E-state index in [9.17, 15) is 18.0 Å².